The minimum atomic E-state index is -0.400. The molecule has 0 saturated carbocycles. The smallest absolute Gasteiger partial charge is 0.253 e. The van der Waals surface area contributed by atoms with Gasteiger partial charge in [0.2, 0.25) is 11.9 Å². The maximum absolute atomic E-state index is 11.6. The normalized spacial score (nSPS) is 9.69. The fourth-order valence-corrected chi connectivity index (χ4v) is 2.09. The average Bonchev–Trinajstić information content (AvgIpc) is 2.78. The number of hydrogen-bond donors (Lipinski definition) is 2. The van der Waals surface area contributed by atoms with Crippen LogP contribution in [0, 0.1) is 0 Å². The van der Waals surface area contributed by atoms with Crippen molar-refractivity contribution in [3.8, 4) is 0 Å². The van der Waals surface area contributed by atoms with Crippen LogP contribution in [0.1, 0.15) is 44.1 Å². The van der Waals surface area contributed by atoms with Crippen LogP contribution in [-0.2, 0) is 27.2 Å². The van der Waals surface area contributed by atoms with Crippen LogP contribution in [0.3, 0.4) is 0 Å². The molecule has 0 saturated heterocycles. The summed E-state index contributed by atoms with van der Waals surface area (Å²) in [5.74, 6) is 0.693. The van der Waals surface area contributed by atoms with Crippen molar-refractivity contribution in [3.63, 3.8) is 0 Å². The number of aromatic nitrogens is 6. The van der Waals surface area contributed by atoms with Crippen molar-refractivity contribution in [2.45, 2.75) is 33.6 Å². The molecule has 1 amide bonds. The van der Waals surface area contributed by atoms with E-state index in [9.17, 15) is 14.4 Å². The Labute approximate surface area is 203 Å². The first-order chi connectivity index (χ1) is 16.4. The molecule has 0 spiro atoms. The lowest BCUT2D eigenvalue weighted by Crippen LogP contribution is -2.17. The molecule has 35 heavy (non-hydrogen) atoms. The highest BCUT2D eigenvalue weighted by atomic mass is 16.2. The monoisotopic (exact) mass is 476 g/mol. The fourth-order valence-electron chi connectivity index (χ4n) is 2.09. The van der Waals surface area contributed by atoms with Gasteiger partial charge in [-0.25, -0.2) is 9.97 Å². The number of hydrogen-bond acceptors (Lipinski definition) is 10. The van der Waals surface area contributed by atoms with Gasteiger partial charge in [-0.05, 0) is 44.1 Å². The molecule has 0 bridgehead atoms. The highest BCUT2D eigenvalue weighted by Gasteiger charge is 2.12. The Balaban J connectivity index is 0.000000365. The Morgan fingerprint density at radius 3 is 1.63 bits per heavy atom. The first kappa shape index (κ1) is 28.4. The zero-order valence-corrected chi connectivity index (χ0v) is 20.1. The number of carbonyl (C=O) groups is 3. The Hall–Kier alpha value is -4.67. The molecular formula is C24H28N8O3. The summed E-state index contributed by atoms with van der Waals surface area (Å²) in [4.78, 5) is 58.2. The molecule has 11 heteroatoms. The van der Waals surface area contributed by atoms with Crippen LogP contribution < -0.4 is 11.1 Å². The topological polar surface area (TPSA) is 167 Å². The maximum atomic E-state index is 11.6. The van der Waals surface area contributed by atoms with E-state index in [0.717, 1.165) is 0 Å². The number of Topliss-reactive ketones (excluding diaryl/α,β-unsaturated/α-hetero) is 2. The lowest BCUT2D eigenvalue weighted by molar-refractivity contribution is -0.115. The molecule has 0 aromatic carbocycles. The number of rotatable bonds is 10. The largest absolute Gasteiger partial charge is 0.368 e. The maximum Gasteiger partial charge on any atom is 0.253 e. The fraction of sp³-hybridized carbons (Fsp3) is 0.208. The van der Waals surface area contributed by atoms with E-state index in [4.69, 9.17) is 5.73 Å². The first-order valence-corrected chi connectivity index (χ1v) is 10.2. The summed E-state index contributed by atoms with van der Waals surface area (Å²) >= 11 is 0. The van der Waals surface area contributed by atoms with Crippen LogP contribution in [0.5, 0.6) is 0 Å². The highest BCUT2D eigenvalue weighted by Crippen LogP contribution is 2.07. The van der Waals surface area contributed by atoms with Gasteiger partial charge in [-0.2, -0.15) is 19.9 Å². The molecule has 0 atom stereocenters. The van der Waals surface area contributed by atoms with E-state index in [0.29, 0.717) is 28.4 Å². The van der Waals surface area contributed by atoms with E-state index >= 15 is 0 Å². The molecule has 0 aliphatic rings. The van der Waals surface area contributed by atoms with Crippen molar-refractivity contribution in [3.05, 3.63) is 72.9 Å². The van der Waals surface area contributed by atoms with Crippen molar-refractivity contribution < 1.29 is 14.4 Å². The van der Waals surface area contributed by atoms with E-state index in [1.165, 1.54) is 12.2 Å². The average molecular weight is 477 g/mol. The van der Waals surface area contributed by atoms with Crippen LogP contribution >= 0.6 is 0 Å². The quantitative estimate of drug-likeness (QED) is 0.486. The first-order valence-electron chi connectivity index (χ1n) is 10.2. The summed E-state index contributed by atoms with van der Waals surface area (Å²) in [7, 11) is 0. The number of nitrogen functional groups attached to an aromatic ring is 1. The molecule has 2 rings (SSSR count). The Bertz CT molecular complexity index is 1170. The summed E-state index contributed by atoms with van der Waals surface area (Å²) in [6, 6.07) is 0. The predicted molar refractivity (Wildman–Crippen MR) is 135 cm³/mol. The van der Waals surface area contributed by atoms with Gasteiger partial charge in [-0.15, -0.1) is 0 Å². The van der Waals surface area contributed by atoms with Gasteiger partial charge in [0.15, 0.2) is 23.2 Å². The summed E-state index contributed by atoms with van der Waals surface area (Å²) in [5, 5.41) is 2.48. The van der Waals surface area contributed by atoms with Gasteiger partial charge in [0.05, 0.1) is 12.8 Å². The van der Waals surface area contributed by atoms with Gasteiger partial charge in [0.25, 0.3) is 5.91 Å². The third-order valence-corrected chi connectivity index (χ3v) is 3.98. The van der Waals surface area contributed by atoms with E-state index < -0.39 is 5.91 Å². The van der Waals surface area contributed by atoms with Gasteiger partial charge in [0.1, 0.15) is 11.6 Å². The van der Waals surface area contributed by atoms with Gasteiger partial charge in [-0.1, -0.05) is 32.9 Å². The zero-order chi connectivity index (χ0) is 26.7. The number of nitrogens with one attached hydrogen (secondary N) is 1. The van der Waals surface area contributed by atoms with Crippen LogP contribution in [0.25, 0.3) is 12.2 Å². The summed E-state index contributed by atoms with van der Waals surface area (Å²) in [6.07, 6.45) is 2.94. The highest BCUT2D eigenvalue weighted by molar-refractivity contribution is 6.01. The number of ketones is 2. The number of carbonyl (C=O) groups excluding carboxylic acids is 3. The van der Waals surface area contributed by atoms with Gasteiger partial charge < -0.3 is 5.73 Å². The number of nitrogens with zero attached hydrogens (tertiary/aromatic N) is 6. The van der Waals surface area contributed by atoms with Crippen LogP contribution in [0.15, 0.2) is 49.6 Å². The minimum Gasteiger partial charge on any atom is -0.368 e. The van der Waals surface area contributed by atoms with Crippen molar-refractivity contribution in [2.24, 2.45) is 0 Å². The second-order valence-corrected chi connectivity index (χ2v) is 7.30. The van der Waals surface area contributed by atoms with Crippen LogP contribution in [0.2, 0.25) is 0 Å². The second-order valence-electron chi connectivity index (χ2n) is 7.30. The number of allylic oxidation sites excluding steroid dienone is 2. The molecule has 0 unspecified atom stereocenters. The number of amides is 1. The SMILES string of the molecule is C=Cc1nc(CC(=O)C(=C)C)nc(NC(=O)C(=C)C)n1.C=Cc1nc(N)nc(CC(=O)C(=C)C)n1. The molecule has 0 aliphatic carbocycles. The van der Waals surface area contributed by atoms with Crippen molar-refractivity contribution in [1.29, 1.82) is 0 Å². The number of nitrogens with two attached hydrogens (primary N) is 1. The minimum absolute atomic E-state index is 0.00532. The van der Waals surface area contributed by atoms with E-state index in [-0.39, 0.29) is 48.0 Å². The van der Waals surface area contributed by atoms with Crippen molar-refractivity contribution in [1.82, 2.24) is 29.9 Å². The molecule has 0 radical (unpaired) electrons. The predicted octanol–water partition coefficient (Wildman–Crippen LogP) is 2.50. The summed E-state index contributed by atoms with van der Waals surface area (Å²) in [6.45, 7) is 22.5. The molecule has 3 N–H and O–H groups in total. The van der Waals surface area contributed by atoms with Gasteiger partial charge >= 0.3 is 0 Å². The molecule has 182 valence electrons. The lowest BCUT2D eigenvalue weighted by Gasteiger charge is -2.06. The third-order valence-electron chi connectivity index (χ3n) is 3.98. The second kappa shape index (κ2) is 13.1. The molecule has 2 aromatic rings. The van der Waals surface area contributed by atoms with Gasteiger partial charge in [-0.3, -0.25) is 19.7 Å². The Morgan fingerprint density at radius 2 is 1.20 bits per heavy atom. The van der Waals surface area contributed by atoms with Gasteiger partial charge in [0, 0.05) is 5.57 Å². The molecule has 2 heterocycles. The number of anilines is 2. The van der Waals surface area contributed by atoms with Crippen molar-refractivity contribution in [2.75, 3.05) is 11.1 Å². The Morgan fingerprint density at radius 1 is 0.743 bits per heavy atom. The Kier molecular flexibility index (Phi) is 10.6. The molecule has 2 aromatic heterocycles. The molecule has 0 aliphatic heterocycles. The molecule has 0 fully saturated rings. The van der Waals surface area contributed by atoms with E-state index in [2.05, 4.69) is 68.1 Å². The van der Waals surface area contributed by atoms with E-state index in [1.807, 2.05) is 0 Å². The standard InChI is InChI=1S/C14H16N4O2.C10H12N4O/c1-6-11-15-12(7-10(19)8(2)3)17-14(16-11)18-13(20)9(4)5;1-4-8-12-9(14-10(11)13-8)5-7(15)6(2)3/h6H,1-2,4,7H2,3,5H3,(H,15,16,17,18,20);4H,1-2,5H2,3H3,(H2,11,12,13,14). The van der Waals surface area contributed by atoms with Crippen LogP contribution in [-0.4, -0.2) is 47.4 Å². The summed E-state index contributed by atoms with van der Waals surface area (Å²) < 4.78 is 0. The molecule has 11 nitrogen and oxygen atoms in total. The van der Waals surface area contributed by atoms with E-state index in [1.54, 1.807) is 20.8 Å². The van der Waals surface area contributed by atoms with Crippen LogP contribution in [0.4, 0.5) is 11.9 Å². The third kappa shape index (κ3) is 9.78. The zero-order valence-electron chi connectivity index (χ0n) is 20.1. The molecular weight excluding hydrogens is 448 g/mol. The summed E-state index contributed by atoms with van der Waals surface area (Å²) in [5.41, 5.74) is 6.65. The van der Waals surface area contributed by atoms with Crippen molar-refractivity contribution >= 4 is 41.5 Å². The lowest BCUT2D eigenvalue weighted by atomic mass is 10.1.